The molecule has 1 nitrogen and oxygen atoms in total. The van der Waals surface area contributed by atoms with Crippen LogP contribution < -0.4 is 4.74 Å². The molecule has 0 heterocycles. The SMILES string of the molecule is COc1ccccc1CCc1cc[c]cc1. The van der Waals surface area contributed by atoms with Gasteiger partial charge < -0.3 is 4.74 Å². The second-order valence-corrected chi connectivity index (χ2v) is 3.72. The van der Waals surface area contributed by atoms with Gasteiger partial charge in [-0.3, -0.25) is 0 Å². The van der Waals surface area contributed by atoms with Crippen LogP contribution in [0.2, 0.25) is 0 Å². The molecule has 0 saturated heterocycles. The first-order chi connectivity index (χ1) is 7.90. The summed E-state index contributed by atoms with van der Waals surface area (Å²) in [5.74, 6) is 0.977. The number of hydrogen-bond acceptors (Lipinski definition) is 1. The minimum absolute atomic E-state index is 0.977. The summed E-state index contributed by atoms with van der Waals surface area (Å²) in [7, 11) is 1.72. The average Bonchev–Trinajstić information content (AvgIpc) is 2.38. The number of rotatable bonds is 4. The van der Waals surface area contributed by atoms with E-state index >= 15 is 0 Å². The normalized spacial score (nSPS) is 10.1. The van der Waals surface area contributed by atoms with Crippen LogP contribution in [0.15, 0.2) is 48.5 Å². The minimum Gasteiger partial charge on any atom is -0.496 e. The van der Waals surface area contributed by atoms with Gasteiger partial charge in [0, 0.05) is 0 Å². The molecule has 0 fully saturated rings. The van der Waals surface area contributed by atoms with Crippen molar-refractivity contribution in [2.24, 2.45) is 0 Å². The van der Waals surface area contributed by atoms with Gasteiger partial charge in [0.15, 0.2) is 0 Å². The Morgan fingerprint density at radius 1 is 1.00 bits per heavy atom. The molecule has 0 N–H and O–H groups in total. The smallest absolute Gasteiger partial charge is 0.122 e. The van der Waals surface area contributed by atoms with E-state index in [2.05, 4.69) is 30.3 Å². The Kier molecular flexibility index (Phi) is 3.60. The highest BCUT2D eigenvalue weighted by Gasteiger charge is 2.01. The van der Waals surface area contributed by atoms with Crippen LogP contribution in [0, 0.1) is 6.07 Å². The quantitative estimate of drug-likeness (QED) is 0.754. The van der Waals surface area contributed by atoms with Crippen molar-refractivity contribution in [1.82, 2.24) is 0 Å². The second-order valence-electron chi connectivity index (χ2n) is 3.72. The highest BCUT2D eigenvalue weighted by Crippen LogP contribution is 2.19. The lowest BCUT2D eigenvalue weighted by molar-refractivity contribution is 0.409. The van der Waals surface area contributed by atoms with Gasteiger partial charge in [0.2, 0.25) is 0 Å². The Morgan fingerprint density at radius 2 is 1.75 bits per heavy atom. The zero-order valence-electron chi connectivity index (χ0n) is 9.44. The fourth-order valence-electron chi connectivity index (χ4n) is 1.78. The van der Waals surface area contributed by atoms with E-state index in [4.69, 9.17) is 4.74 Å². The Morgan fingerprint density at radius 3 is 2.50 bits per heavy atom. The van der Waals surface area contributed by atoms with E-state index < -0.39 is 0 Å². The minimum atomic E-state index is 0.977. The first kappa shape index (κ1) is 10.7. The summed E-state index contributed by atoms with van der Waals surface area (Å²) >= 11 is 0. The summed E-state index contributed by atoms with van der Waals surface area (Å²) in [6, 6.07) is 19.3. The zero-order valence-corrected chi connectivity index (χ0v) is 9.44. The highest BCUT2D eigenvalue weighted by atomic mass is 16.5. The van der Waals surface area contributed by atoms with Crippen LogP contribution in [0.25, 0.3) is 0 Å². The van der Waals surface area contributed by atoms with Gasteiger partial charge in [-0.15, -0.1) is 0 Å². The summed E-state index contributed by atoms with van der Waals surface area (Å²) in [6.45, 7) is 0. The van der Waals surface area contributed by atoms with E-state index in [0.717, 1.165) is 18.6 Å². The van der Waals surface area contributed by atoms with Gasteiger partial charge in [-0.25, -0.2) is 0 Å². The van der Waals surface area contributed by atoms with Gasteiger partial charge in [0.05, 0.1) is 7.11 Å². The third-order valence-electron chi connectivity index (χ3n) is 2.66. The number of ether oxygens (including phenoxy) is 1. The maximum absolute atomic E-state index is 5.33. The fourth-order valence-corrected chi connectivity index (χ4v) is 1.78. The van der Waals surface area contributed by atoms with Gasteiger partial charge in [-0.1, -0.05) is 42.5 Å². The van der Waals surface area contributed by atoms with E-state index in [9.17, 15) is 0 Å². The van der Waals surface area contributed by atoms with Crippen LogP contribution in [0.3, 0.4) is 0 Å². The van der Waals surface area contributed by atoms with Crippen molar-refractivity contribution in [3.8, 4) is 5.75 Å². The molecular weight excluding hydrogens is 196 g/mol. The first-order valence-corrected chi connectivity index (χ1v) is 5.47. The molecule has 1 radical (unpaired) electrons. The standard InChI is InChI=1S/C15H15O/c1-16-15-10-6-5-9-14(15)12-11-13-7-3-2-4-8-13/h3-10H,11-12H2,1H3. The second kappa shape index (κ2) is 5.36. The van der Waals surface area contributed by atoms with Crippen LogP contribution in [-0.2, 0) is 12.8 Å². The van der Waals surface area contributed by atoms with Crippen LogP contribution >= 0.6 is 0 Å². The average molecular weight is 211 g/mol. The monoisotopic (exact) mass is 211 g/mol. The molecule has 16 heavy (non-hydrogen) atoms. The van der Waals surface area contributed by atoms with Crippen LogP contribution in [0.1, 0.15) is 11.1 Å². The number of para-hydroxylation sites is 1. The molecule has 0 bridgehead atoms. The molecule has 81 valence electrons. The van der Waals surface area contributed by atoms with Crippen molar-refractivity contribution in [3.05, 3.63) is 65.7 Å². The lowest BCUT2D eigenvalue weighted by Gasteiger charge is -2.07. The molecule has 0 aliphatic carbocycles. The van der Waals surface area contributed by atoms with Crippen molar-refractivity contribution < 1.29 is 4.74 Å². The third-order valence-corrected chi connectivity index (χ3v) is 2.66. The summed E-state index contributed by atoms with van der Waals surface area (Å²) in [5.41, 5.74) is 2.60. The van der Waals surface area contributed by atoms with E-state index in [-0.39, 0.29) is 0 Å². The molecule has 0 atom stereocenters. The van der Waals surface area contributed by atoms with Crippen molar-refractivity contribution in [2.75, 3.05) is 7.11 Å². The third kappa shape index (κ3) is 2.63. The maximum atomic E-state index is 5.33. The Bertz CT molecular complexity index is 434. The molecule has 0 aromatic heterocycles. The van der Waals surface area contributed by atoms with E-state index in [1.165, 1.54) is 11.1 Å². The van der Waals surface area contributed by atoms with Crippen molar-refractivity contribution in [2.45, 2.75) is 12.8 Å². The molecule has 0 saturated carbocycles. The zero-order chi connectivity index (χ0) is 11.2. The fraction of sp³-hybridized carbons (Fsp3) is 0.200. The molecule has 0 unspecified atom stereocenters. The maximum Gasteiger partial charge on any atom is 0.122 e. The molecule has 0 aliphatic heterocycles. The van der Waals surface area contributed by atoms with E-state index in [0.29, 0.717) is 0 Å². The first-order valence-electron chi connectivity index (χ1n) is 5.47. The Hall–Kier alpha value is -1.76. The van der Waals surface area contributed by atoms with Crippen LogP contribution in [-0.4, -0.2) is 7.11 Å². The van der Waals surface area contributed by atoms with Gasteiger partial charge in [0.25, 0.3) is 0 Å². The predicted octanol–water partition coefficient (Wildman–Crippen LogP) is 3.28. The van der Waals surface area contributed by atoms with Gasteiger partial charge in [-0.05, 0) is 36.1 Å². The van der Waals surface area contributed by atoms with Crippen LogP contribution in [0.4, 0.5) is 0 Å². The number of hydrogen-bond donors (Lipinski definition) is 0. The lowest BCUT2D eigenvalue weighted by Crippen LogP contribution is -1.94. The molecule has 0 aliphatic rings. The molecule has 2 aromatic rings. The largest absolute Gasteiger partial charge is 0.496 e. The molecular formula is C15H15O. The lowest BCUT2D eigenvalue weighted by atomic mass is 10.0. The number of benzene rings is 2. The summed E-state index contributed by atoms with van der Waals surface area (Å²) in [6.07, 6.45) is 2.04. The molecule has 2 rings (SSSR count). The topological polar surface area (TPSA) is 9.23 Å². The van der Waals surface area contributed by atoms with Crippen molar-refractivity contribution >= 4 is 0 Å². The number of aryl methyl sites for hydroxylation is 2. The predicted molar refractivity (Wildman–Crippen MR) is 65.7 cm³/mol. The van der Waals surface area contributed by atoms with E-state index in [1.54, 1.807) is 7.11 Å². The van der Waals surface area contributed by atoms with Crippen molar-refractivity contribution in [1.29, 1.82) is 0 Å². The van der Waals surface area contributed by atoms with Crippen LogP contribution in [0.5, 0.6) is 5.75 Å². The van der Waals surface area contributed by atoms with Gasteiger partial charge in [-0.2, -0.15) is 0 Å². The Labute approximate surface area is 96.7 Å². The van der Waals surface area contributed by atoms with Gasteiger partial charge >= 0.3 is 0 Å². The Balaban J connectivity index is 2.05. The molecule has 0 amide bonds. The number of methoxy groups -OCH3 is 1. The summed E-state index contributed by atoms with van der Waals surface area (Å²) in [5, 5.41) is 0. The highest BCUT2D eigenvalue weighted by molar-refractivity contribution is 5.34. The summed E-state index contributed by atoms with van der Waals surface area (Å²) in [4.78, 5) is 0. The van der Waals surface area contributed by atoms with Gasteiger partial charge in [0.1, 0.15) is 5.75 Å². The van der Waals surface area contributed by atoms with E-state index in [1.807, 2.05) is 24.3 Å². The molecule has 0 spiro atoms. The summed E-state index contributed by atoms with van der Waals surface area (Å²) < 4.78 is 5.33. The van der Waals surface area contributed by atoms with Crippen molar-refractivity contribution in [3.63, 3.8) is 0 Å². The molecule has 2 aromatic carbocycles. The molecule has 1 heteroatoms.